The number of rotatable bonds is 2. The molecule has 0 radical (unpaired) electrons. The fourth-order valence-corrected chi connectivity index (χ4v) is 1.97. The van der Waals surface area contributed by atoms with Gasteiger partial charge in [-0.05, 0) is 40.2 Å². The predicted molar refractivity (Wildman–Crippen MR) is 86.9 cm³/mol. The van der Waals surface area contributed by atoms with Crippen molar-refractivity contribution < 1.29 is 9.31 Å². The Morgan fingerprint density at radius 2 is 1.30 bits per heavy atom. The largest absolute Gasteiger partial charge is 0.462 e. The molecule has 1 aromatic rings. The van der Waals surface area contributed by atoms with Crippen LogP contribution in [0.2, 0.25) is 0 Å². The van der Waals surface area contributed by atoms with Crippen LogP contribution in [-0.2, 0) is 15.6 Å². The van der Waals surface area contributed by atoms with E-state index in [4.69, 9.17) is 9.31 Å². The Labute approximate surface area is 125 Å². The van der Waals surface area contributed by atoms with Crippen LogP contribution in [0.25, 0.3) is 0 Å². The third-order valence-corrected chi connectivity index (χ3v) is 3.83. The van der Waals surface area contributed by atoms with E-state index in [0.29, 0.717) is 0 Å². The van der Waals surface area contributed by atoms with E-state index in [2.05, 4.69) is 72.7 Å². The summed E-state index contributed by atoms with van der Waals surface area (Å²) in [6.07, 6.45) is 2.06. The molecule has 20 heavy (non-hydrogen) atoms. The quantitative estimate of drug-likeness (QED) is 0.736. The predicted octanol–water partition coefficient (Wildman–Crippen LogP) is 4.59. The van der Waals surface area contributed by atoms with Crippen molar-refractivity contribution in [2.45, 2.75) is 72.4 Å². The molecule has 0 bridgehead atoms. The van der Waals surface area contributed by atoms with E-state index in [9.17, 15) is 0 Å². The number of benzene rings is 1. The van der Waals surface area contributed by atoms with Crippen LogP contribution in [0, 0.1) is 6.92 Å². The van der Waals surface area contributed by atoms with E-state index in [1.165, 1.54) is 17.5 Å². The van der Waals surface area contributed by atoms with Crippen molar-refractivity contribution in [1.29, 1.82) is 0 Å². The van der Waals surface area contributed by atoms with Crippen LogP contribution in [0.5, 0.6) is 0 Å². The zero-order chi connectivity index (χ0) is 15.4. The van der Waals surface area contributed by atoms with Gasteiger partial charge in [0.1, 0.15) is 0 Å². The average molecular weight is 276 g/mol. The molecule has 1 fully saturated rings. The van der Waals surface area contributed by atoms with Gasteiger partial charge in [0.25, 0.3) is 0 Å². The van der Waals surface area contributed by atoms with Gasteiger partial charge in [0.2, 0.25) is 0 Å². The van der Waals surface area contributed by atoms with Crippen LogP contribution in [0.15, 0.2) is 24.3 Å². The van der Waals surface area contributed by atoms with E-state index in [0.717, 1.165) is 6.32 Å². The summed E-state index contributed by atoms with van der Waals surface area (Å²) in [6, 6.07) is 8.53. The maximum atomic E-state index is 5.98. The summed E-state index contributed by atoms with van der Waals surface area (Å²) < 4.78 is 12.0. The molecule has 2 nitrogen and oxygen atoms in total. The highest BCUT2D eigenvalue weighted by atomic mass is 16.7. The first kappa shape index (κ1) is 17.3. The Balaban J connectivity index is 0.000000612. The minimum absolute atomic E-state index is 0.136. The average Bonchev–Trinajstić information content (AvgIpc) is 2.51. The van der Waals surface area contributed by atoms with Gasteiger partial charge in [0, 0.05) is 6.32 Å². The molecule has 2 rings (SSSR count). The third kappa shape index (κ3) is 4.36. The van der Waals surface area contributed by atoms with Crippen LogP contribution < -0.4 is 0 Å². The summed E-state index contributed by atoms with van der Waals surface area (Å²) in [4.78, 5) is 0. The number of hydrogen-bond acceptors (Lipinski definition) is 2. The second-order valence-electron chi connectivity index (χ2n) is 6.58. The van der Waals surface area contributed by atoms with Crippen LogP contribution >= 0.6 is 0 Å². The smallest absolute Gasteiger partial charge is 0.403 e. The van der Waals surface area contributed by atoms with E-state index < -0.39 is 0 Å². The summed E-state index contributed by atoms with van der Waals surface area (Å²) in [6.45, 7) is 14.7. The van der Waals surface area contributed by atoms with Crippen molar-refractivity contribution in [2.75, 3.05) is 0 Å². The van der Waals surface area contributed by atoms with Gasteiger partial charge >= 0.3 is 7.12 Å². The van der Waals surface area contributed by atoms with Crippen LogP contribution in [0.3, 0.4) is 0 Å². The Hall–Kier alpha value is -0.795. The molecule has 1 aliphatic rings. The molecule has 1 saturated heterocycles. The lowest BCUT2D eigenvalue weighted by Crippen LogP contribution is -2.41. The lowest BCUT2D eigenvalue weighted by atomic mass is 9.80. The van der Waals surface area contributed by atoms with E-state index >= 15 is 0 Å². The Morgan fingerprint density at radius 1 is 0.900 bits per heavy atom. The van der Waals surface area contributed by atoms with Crippen molar-refractivity contribution in [3.8, 4) is 0 Å². The molecule has 3 heteroatoms. The molecule has 0 aromatic heterocycles. The molecule has 0 saturated carbocycles. The zero-order valence-corrected chi connectivity index (χ0v) is 14.1. The highest BCUT2D eigenvalue weighted by Crippen LogP contribution is 2.37. The topological polar surface area (TPSA) is 18.5 Å². The van der Waals surface area contributed by atoms with Gasteiger partial charge in [-0.3, -0.25) is 0 Å². The molecule has 0 unspecified atom stereocenters. The summed E-state index contributed by atoms with van der Waals surface area (Å²) >= 11 is 0. The molecule has 112 valence electrons. The Bertz CT molecular complexity index is 394. The van der Waals surface area contributed by atoms with Crippen molar-refractivity contribution in [3.63, 3.8) is 0 Å². The molecular weight excluding hydrogens is 247 g/mol. The molecule has 1 heterocycles. The lowest BCUT2D eigenvalue weighted by Gasteiger charge is -2.32. The normalized spacial score (nSPS) is 19.4. The Kier molecular flexibility index (Phi) is 5.84. The van der Waals surface area contributed by atoms with Gasteiger partial charge in [-0.15, -0.1) is 0 Å². The van der Waals surface area contributed by atoms with Crippen LogP contribution in [-0.4, -0.2) is 18.3 Å². The molecule has 0 atom stereocenters. The fourth-order valence-electron chi connectivity index (χ4n) is 1.97. The second kappa shape index (κ2) is 6.77. The minimum Gasteiger partial charge on any atom is -0.403 e. The first-order valence-corrected chi connectivity index (χ1v) is 7.63. The van der Waals surface area contributed by atoms with Crippen molar-refractivity contribution in [3.05, 3.63) is 35.4 Å². The van der Waals surface area contributed by atoms with Gasteiger partial charge < -0.3 is 9.31 Å². The summed E-state index contributed by atoms with van der Waals surface area (Å²) in [7, 11) is -0.136. The molecular formula is C17H29BO2. The van der Waals surface area contributed by atoms with Crippen molar-refractivity contribution >= 4 is 7.12 Å². The highest BCUT2D eigenvalue weighted by Gasteiger charge is 2.50. The zero-order valence-electron chi connectivity index (χ0n) is 14.1. The maximum absolute atomic E-state index is 5.98. The third-order valence-electron chi connectivity index (χ3n) is 3.83. The summed E-state index contributed by atoms with van der Waals surface area (Å²) in [5.41, 5.74) is 2.07. The van der Waals surface area contributed by atoms with Gasteiger partial charge in [-0.2, -0.15) is 0 Å². The second-order valence-corrected chi connectivity index (χ2v) is 6.58. The SMILES string of the molecule is CCC.Cc1ccc(CB2OC(C)(C)C(C)(C)O2)cc1. The maximum Gasteiger partial charge on any atom is 0.462 e. The summed E-state index contributed by atoms with van der Waals surface area (Å²) in [5, 5.41) is 0. The van der Waals surface area contributed by atoms with E-state index in [1.54, 1.807) is 0 Å². The monoisotopic (exact) mass is 276 g/mol. The summed E-state index contributed by atoms with van der Waals surface area (Å²) in [5.74, 6) is 0. The molecule has 1 aromatic carbocycles. The highest BCUT2D eigenvalue weighted by molar-refractivity contribution is 6.45. The minimum atomic E-state index is -0.234. The fraction of sp³-hybridized carbons (Fsp3) is 0.647. The first-order chi connectivity index (χ1) is 9.21. The van der Waals surface area contributed by atoms with Gasteiger partial charge in [-0.1, -0.05) is 50.1 Å². The molecule has 0 aliphatic carbocycles. The van der Waals surface area contributed by atoms with Crippen molar-refractivity contribution in [2.24, 2.45) is 0 Å². The van der Waals surface area contributed by atoms with Crippen molar-refractivity contribution in [1.82, 2.24) is 0 Å². The van der Waals surface area contributed by atoms with Gasteiger partial charge in [0.15, 0.2) is 0 Å². The van der Waals surface area contributed by atoms with Crippen LogP contribution in [0.1, 0.15) is 59.1 Å². The molecule has 0 spiro atoms. The standard InChI is InChI=1S/C14H21BO2.C3H8/c1-11-6-8-12(9-7-11)10-15-16-13(2,3)14(4,5)17-15;1-3-2/h6-9H,10H2,1-5H3;3H2,1-2H3. The molecule has 1 aliphatic heterocycles. The van der Waals surface area contributed by atoms with E-state index in [1.807, 2.05) is 0 Å². The van der Waals surface area contributed by atoms with Gasteiger partial charge in [0.05, 0.1) is 11.2 Å². The van der Waals surface area contributed by atoms with Gasteiger partial charge in [-0.25, -0.2) is 0 Å². The first-order valence-electron chi connectivity index (χ1n) is 7.63. The molecule has 0 amide bonds. The lowest BCUT2D eigenvalue weighted by molar-refractivity contribution is 0.00578. The number of hydrogen-bond donors (Lipinski definition) is 0. The van der Waals surface area contributed by atoms with E-state index in [-0.39, 0.29) is 18.3 Å². The Morgan fingerprint density at radius 3 is 1.70 bits per heavy atom. The molecule has 0 N–H and O–H groups in total. The van der Waals surface area contributed by atoms with Crippen LogP contribution in [0.4, 0.5) is 0 Å². The number of aryl methyl sites for hydroxylation is 1.